The maximum absolute atomic E-state index is 12.1. The summed E-state index contributed by atoms with van der Waals surface area (Å²) in [5.74, 6) is 0. The van der Waals surface area contributed by atoms with Gasteiger partial charge in [0.15, 0.2) is 0 Å². The molecule has 1 rings (SSSR count). The second kappa shape index (κ2) is 8.59. The summed E-state index contributed by atoms with van der Waals surface area (Å²) in [4.78, 5) is 0.103. The van der Waals surface area contributed by atoms with Crippen LogP contribution in [0.3, 0.4) is 0 Å². The van der Waals surface area contributed by atoms with Gasteiger partial charge in [-0.15, -0.1) is 0 Å². The topological polar surface area (TPSA) is 67.4 Å². The zero-order valence-electron chi connectivity index (χ0n) is 11.8. The van der Waals surface area contributed by atoms with Crippen molar-refractivity contribution < 1.29 is 13.2 Å². The summed E-state index contributed by atoms with van der Waals surface area (Å²) in [5, 5.41) is 3.44. The van der Waals surface area contributed by atoms with Crippen LogP contribution in [0.5, 0.6) is 0 Å². The predicted octanol–water partition coefficient (Wildman–Crippen LogP) is 1.76. The smallest absolute Gasteiger partial charge is 0.242 e. The quantitative estimate of drug-likeness (QED) is 0.680. The van der Waals surface area contributed by atoms with Gasteiger partial charge < -0.3 is 10.1 Å². The van der Waals surface area contributed by atoms with Crippen LogP contribution in [0.4, 0.5) is 0 Å². The van der Waals surface area contributed by atoms with E-state index in [4.69, 9.17) is 16.3 Å². The number of halogens is 1. The fourth-order valence-corrected chi connectivity index (χ4v) is 3.19. The van der Waals surface area contributed by atoms with E-state index in [1.54, 1.807) is 12.1 Å². The van der Waals surface area contributed by atoms with E-state index >= 15 is 0 Å². The SMILES string of the molecule is CCCNCc1ccc(Cl)c(S(=O)(=O)NCCOC)c1. The summed E-state index contributed by atoms with van der Waals surface area (Å²) in [7, 11) is -2.09. The van der Waals surface area contributed by atoms with Crippen molar-refractivity contribution in [2.45, 2.75) is 24.8 Å². The first-order chi connectivity index (χ1) is 9.51. The van der Waals surface area contributed by atoms with Crippen molar-refractivity contribution in [3.05, 3.63) is 28.8 Å². The van der Waals surface area contributed by atoms with Crippen LogP contribution in [0.2, 0.25) is 5.02 Å². The maximum Gasteiger partial charge on any atom is 0.242 e. The largest absolute Gasteiger partial charge is 0.383 e. The van der Waals surface area contributed by atoms with Crippen LogP contribution in [-0.4, -0.2) is 35.2 Å². The number of sulfonamides is 1. The Balaban J connectivity index is 2.84. The molecule has 0 aliphatic rings. The molecule has 0 radical (unpaired) electrons. The zero-order valence-corrected chi connectivity index (χ0v) is 13.4. The molecule has 0 amide bonds. The minimum atomic E-state index is -3.61. The molecule has 1 aromatic rings. The Bertz CT molecular complexity index is 520. The summed E-state index contributed by atoms with van der Waals surface area (Å²) < 4.78 is 31.6. The van der Waals surface area contributed by atoms with Gasteiger partial charge in [-0.25, -0.2) is 13.1 Å². The number of benzene rings is 1. The Morgan fingerprint density at radius 1 is 1.30 bits per heavy atom. The van der Waals surface area contributed by atoms with E-state index < -0.39 is 10.0 Å². The maximum atomic E-state index is 12.1. The number of nitrogens with one attached hydrogen (secondary N) is 2. The lowest BCUT2D eigenvalue weighted by Gasteiger charge is -2.10. The molecule has 0 atom stereocenters. The summed E-state index contributed by atoms with van der Waals surface area (Å²) in [6.07, 6.45) is 1.03. The highest BCUT2D eigenvalue weighted by atomic mass is 35.5. The van der Waals surface area contributed by atoms with Crippen molar-refractivity contribution in [1.82, 2.24) is 10.0 Å². The van der Waals surface area contributed by atoms with Gasteiger partial charge >= 0.3 is 0 Å². The highest BCUT2D eigenvalue weighted by Gasteiger charge is 2.17. The average molecular weight is 321 g/mol. The molecule has 7 heteroatoms. The van der Waals surface area contributed by atoms with Crippen LogP contribution >= 0.6 is 11.6 Å². The number of ether oxygens (including phenoxy) is 1. The van der Waals surface area contributed by atoms with Gasteiger partial charge in [0.1, 0.15) is 4.90 Å². The molecular weight excluding hydrogens is 300 g/mol. The molecule has 5 nitrogen and oxygen atoms in total. The molecule has 0 aliphatic heterocycles. The van der Waals surface area contributed by atoms with Crippen LogP contribution < -0.4 is 10.0 Å². The predicted molar refractivity (Wildman–Crippen MR) is 80.5 cm³/mol. The Morgan fingerprint density at radius 2 is 2.05 bits per heavy atom. The van der Waals surface area contributed by atoms with Crippen molar-refractivity contribution in [2.75, 3.05) is 26.8 Å². The molecule has 0 heterocycles. The minimum absolute atomic E-state index is 0.103. The molecule has 0 unspecified atom stereocenters. The van der Waals surface area contributed by atoms with Crippen LogP contribution in [0.15, 0.2) is 23.1 Å². The first-order valence-corrected chi connectivity index (χ1v) is 8.35. The molecule has 0 saturated heterocycles. The molecule has 0 spiro atoms. The highest BCUT2D eigenvalue weighted by Crippen LogP contribution is 2.22. The second-order valence-electron chi connectivity index (χ2n) is 4.33. The summed E-state index contributed by atoms with van der Waals surface area (Å²) in [5.41, 5.74) is 0.884. The van der Waals surface area contributed by atoms with Gasteiger partial charge in [0.2, 0.25) is 10.0 Å². The fraction of sp³-hybridized carbons (Fsp3) is 0.538. The molecule has 114 valence electrons. The van der Waals surface area contributed by atoms with Gasteiger partial charge in [-0.1, -0.05) is 24.6 Å². The molecule has 0 saturated carbocycles. The Labute approximate surface area is 125 Å². The van der Waals surface area contributed by atoms with Gasteiger partial charge in [0.05, 0.1) is 11.6 Å². The standard InChI is InChI=1S/C13H21ClN2O3S/c1-3-6-15-10-11-4-5-12(14)13(9-11)20(17,18)16-7-8-19-2/h4-5,9,15-16H,3,6-8,10H2,1-2H3. The van der Waals surface area contributed by atoms with Crippen LogP contribution in [0, 0.1) is 0 Å². The van der Waals surface area contributed by atoms with E-state index in [1.165, 1.54) is 7.11 Å². The Morgan fingerprint density at radius 3 is 2.70 bits per heavy atom. The second-order valence-corrected chi connectivity index (χ2v) is 6.47. The normalized spacial score (nSPS) is 11.8. The fourth-order valence-electron chi connectivity index (χ4n) is 1.63. The van der Waals surface area contributed by atoms with Crippen molar-refractivity contribution in [3.63, 3.8) is 0 Å². The van der Waals surface area contributed by atoms with Crippen molar-refractivity contribution in [1.29, 1.82) is 0 Å². The molecule has 0 aliphatic carbocycles. The summed E-state index contributed by atoms with van der Waals surface area (Å²) in [6.45, 7) is 4.11. The van der Waals surface area contributed by atoms with Crippen molar-refractivity contribution >= 4 is 21.6 Å². The third-order valence-electron chi connectivity index (χ3n) is 2.64. The number of rotatable bonds is 9. The molecule has 2 N–H and O–H groups in total. The van der Waals surface area contributed by atoms with E-state index in [0.717, 1.165) is 18.5 Å². The van der Waals surface area contributed by atoms with E-state index in [0.29, 0.717) is 13.2 Å². The summed E-state index contributed by atoms with van der Waals surface area (Å²) in [6, 6.07) is 5.02. The zero-order chi connectivity index (χ0) is 15.0. The number of hydrogen-bond acceptors (Lipinski definition) is 4. The van der Waals surface area contributed by atoms with Gasteiger partial charge in [0, 0.05) is 20.2 Å². The number of methoxy groups -OCH3 is 1. The van der Waals surface area contributed by atoms with Gasteiger partial charge in [-0.3, -0.25) is 0 Å². The van der Waals surface area contributed by atoms with Gasteiger partial charge in [-0.05, 0) is 30.7 Å². The first kappa shape index (κ1) is 17.4. The van der Waals surface area contributed by atoms with E-state index in [-0.39, 0.29) is 16.5 Å². The molecule has 1 aromatic carbocycles. The van der Waals surface area contributed by atoms with Crippen LogP contribution in [0.1, 0.15) is 18.9 Å². The van der Waals surface area contributed by atoms with Crippen LogP contribution in [-0.2, 0) is 21.3 Å². The lowest BCUT2D eigenvalue weighted by molar-refractivity contribution is 0.204. The van der Waals surface area contributed by atoms with E-state index in [9.17, 15) is 8.42 Å². The first-order valence-electron chi connectivity index (χ1n) is 6.49. The monoisotopic (exact) mass is 320 g/mol. The Kier molecular flexibility index (Phi) is 7.47. The van der Waals surface area contributed by atoms with Gasteiger partial charge in [0.25, 0.3) is 0 Å². The van der Waals surface area contributed by atoms with Gasteiger partial charge in [-0.2, -0.15) is 0 Å². The highest BCUT2D eigenvalue weighted by molar-refractivity contribution is 7.89. The lowest BCUT2D eigenvalue weighted by Crippen LogP contribution is -2.27. The lowest BCUT2D eigenvalue weighted by atomic mass is 10.2. The molecule has 0 aromatic heterocycles. The molecular formula is C13H21ClN2O3S. The third-order valence-corrected chi connectivity index (χ3v) is 4.58. The van der Waals surface area contributed by atoms with Crippen molar-refractivity contribution in [2.24, 2.45) is 0 Å². The average Bonchev–Trinajstić information content (AvgIpc) is 2.41. The molecule has 20 heavy (non-hydrogen) atoms. The molecule has 0 bridgehead atoms. The van der Waals surface area contributed by atoms with E-state index in [1.807, 2.05) is 6.07 Å². The summed E-state index contributed by atoms with van der Waals surface area (Å²) >= 11 is 5.98. The van der Waals surface area contributed by atoms with E-state index in [2.05, 4.69) is 17.0 Å². The van der Waals surface area contributed by atoms with Crippen molar-refractivity contribution in [3.8, 4) is 0 Å². The minimum Gasteiger partial charge on any atom is -0.383 e. The Hall–Kier alpha value is -0.660. The third kappa shape index (κ3) is 5.38. The van der Waals surface area contributed by atoms with Crippen LogP contribution in [0.25, 0.3) is 0 Å². The molecule has 0 fully saturated rings. The number of hydrogen-bond donors (Lipinski definition) is 2.